The molecule has 2 aromatic heterocycles. The highest BCUT2D eigenvalue weighted by Crippen LogP contribution is 2.38. The molecule has 0 N–H and O–H groups in total. The SMILES string of the molecule is Cc1ccc(-c2nc(COC(=O)c3cc(C)n(C4CC4)c3C)no2)cc1. The molecule has 1 saturated carbocycles. The van der Waals surface area contributed by atoms with Crippen LogP contribution in [-0.2, 0) is 11.3 Å². The molecule has 0 spiro atoms. The lowest BCUT2D eigenvalue weighted by atomic mass is 10.1. The van der Waals surface area contributed by atoms with Crippen LogP contribution in [0.3, 0.4) is 0 Å². The number of carbonyl (C=O) groups is 1. The van der Waals surface area contributed by atoms with E-state index in [1.165, 1.54) is 12.8 Å². The molecule has 0 bridgehead atoms. The zero-order valence-corrected chi connectivity index (χ0v) is 15.2. The Bertz CT molecular complexity index is 949. The third kappa shape index (κ3) is 3.14. The molecule has 134 valence electrons. The maximum Gasteiger partial charge on any atom is 0.340 e. The first-order chi connectivity index (χ1) is 12.5. The van der Waals surface area contributed by atoms with E-state index >= 15 is 0 Å². The van der Waals surface area contributed by atoms with E-state index in [0.29, 0.717) is 23.3 Å². The van der Waals surface area contributed by atoms with E-state index in [2.05, 4.69) is 14.7 Å². The highest BCUT2D eigenvalue weighted by Gasteiger charge is 2.28. The number of aryl methyl sites for hydroxylation is 2. The lowest BCUT2D eigenvalue weighted by Crippen LogP contribution is -2.08. The maximum absolute atomic E-state index is 12.4. The van der Waals surface area contributed by atoms with Crippen LogP contribution in [0.25, 0.3) is 11.5 Å². The predicted octanol–water partition coefficient (Wildman–Crippen LogP) is 4.16. The first-order valence-electron chi connectivity index (χ1n) is 8.78. The van der Waals surface area contributed by atoms with Crippen LogP contribution in [0.5, 0.6) is 0 Å². The van der Waals surface area contributed by atoms with Crippen molar-refractivity contribution in [3.05, 3.63) is 58.7 Å². The second kappa shape index (κ2) is 6.44. The lowest BCUT2D eigenvalue weighted by Gasteiger charge is -2.07. The number of nitrogens with zero attached hydrogens (tertiary/aromatic N) is 3. The van der Waals surface area contributed by atoms with E-state index in [9.17, 15) is 4.79 Å². The zero-order chi connectivity index (χ0) is 18.3. The van der Waals surface area contributed by atoms with Gasteiger partial charge < -0.3 is 13.8 Å². The van der Waals surface area contributed by atoms with Gasteiger partial charge in [-0.1, -0.05) is 22.9 Å². The first kappa shape index (κ1) is 16.6. The third-order valence-electron chi connectivity index (χ3n) is 4.72. The summed E-state index contributed by atoms with van der Waals surface area (Å²) in [5.74, 6) is 0.416. The number of rotatable bonds is 5. The second-order valence-corrected chi connectivity index (χ2v) is 6.84. The molecule has 0 amide bonds. The van der Waals surface area contributed by atoms with Crippen LogP contribution < -0.4 is 0 Å². The fraction of sp³-hybridized carbons (Fsp3) is 0.350. The molecule has 0 atom stereocenters. The Hall–Kier alpha value is -2.89. The van der Waals surface area contributed by atoms with Crippen LogP contribution in [0.1, 0.15) is 52.0 Å². The molecule has 2 heterocycles. The molecule has 0 radical (unpaired) electrons. The molecule has 4 rings (SSSR count). The van der Waals surface area contributed by atoms with Crippen LogP contribution in [0.4, 0.5) is 0 Å². The summed E-state index contributed by atoms with van der Waals surface area (Å²) in [6.07, 6.45) is 2.35. The molecule has 0 unspecified atom stereocenters. The molecule has 3 aromatic rings. The average molecular weight is 351 g/mol. The normalized spacial score (nSPS) is 13.8. The predicted molar refractivity (Wildman–Crippen MR) is 95.8 cm³/mol. The van der Waals surface area contributed by atoms with Gasteiger partial charge in [0, 0.05) is 23.0 Å². The Morgan fingerprint density at radius 3 is 2.65 bits per heavy atom. The standard InChI is InChI=1S/C20H21N3O3/c1-12-4-6-15(7-5-12)19-21-18(22-26-19)11-25-20(24)17-10-13(2)23(14(17)3)16-8-9-16/h4-7,10,16H,8-9,11H2,1-3H3. The average Bonchev–Trinajstić information content (AvgIpc) is 3.26. The summed E-state index contributed by atoms with van der Waals surface area (Å²) < 4.78 is 12.9. The quantitative estimate of drug-likeness (QED) is 0.646. The Morgan fingerprint density at radius 2 is 1.96 bits per heavy atom. The molecule has 1 aromatic carbocycles. The molecule has 0 saturated heterocycles. The maximum atomic E-state index is 12.4. The molecule has 26 heavy (non-hydrogen) atoms. The molecule has 6 heteroatoms. The summed E-state index contributed by atoms with van der Waals surface area (Å²) in [5, 5.41) is 3.90. The number of carbonyl (C=O) groups excluding carboxylic acids is 1. The minimum absolute atomic E-state index is 0.0126. The smallest absolute Gasteiger partial charge is 0.340 e. The fourth-order valence-electron chi connectivity index (χ4n) is 3.21. The van der Waals surface area contributed by atoms with Gasteiger partial charge in [-0.3, -0.25) is 0 Å². The van der Waals surface area contributed by atoms with Crippen molar-refractivity contribution >= 4 is 5.97 Å². The van der Waals surface area contributed by atoms with Gasteiger partial charge in [-0.2, -0.15) is 4.98 Å². The van der Waals surface area contributed by atoms with Crippen LogP contribution in [0, 0.1) is 20.8 Å². The molecule has 1 fully saturated rings. The molecule has 1 aliphatic carbocycles. The highest BCUT2D eigenvalue weighted by atomic mass is 16.5. The number of hydrogen-bond donors (Lipinski definition) is 0. The minimum atomic E-state index is -0.355. The van der Waals surface area contributed by atoms with Gasteiger partial charge in [0.05, 0.1) is 5.56 Å². The van der Waals surface area contributed by atoms with Gasteiger partial charge in [0.25, 0.3) is 5.89 Å². The van der Waals surface area contributed by atoms with Gasteiger partial charge in [-0.15, -0.1) is 0 Å². The van der Waals surface area contributed by atoms with E-state index in [1.54, 1.807) is 0 Å². The van der Waals surface area contributed by atoms with Crippen molar-refractivity contribution in [1.82, 2.24) is 14.7 Å². The topological polar surface area (TPSA) is 70.2 Å². The van der Waals surface area contributed by atoms with E-state index in [4.69, 9.17) is 9.26 Å². The van der Waals surface area contributed by atoms with Crippen LogP contribution in [0.2, 0.25) is 0 Å². The number of ether oxygens (including phenoxy) is 1. The van der Waals surface area contributed by atoms with E-state index < -0.39 is 0 Å². The van der Waals surface area contributed by atoms with Gasteiger partial charge >= 0.3 is 5.97 Å². The summed E-state index contributed by atoms with van der Waals surface area (Å²) >= 11 is 0. The van der Waals surface area contributed by atoms with E-state index in [0.717, 1.165) is 22.5 Å². The molecule has 0 aliphatic heterocycles. The van der Waals surface area contributed by atoms with Crippen LogP contribution in [0.15, 0.2) is 34.9 Å². The highest BCUT2D eigenvalue weighted by molar-refractivity contribution is 5.91. The summed E-state index contributed by atoms with van der Waals surface area (Å²) in [4.78, 5) is 16.7. The third-order valence-corrected chi connectivity index (χ3v) is 4.72. The number of benzene rings is 1. The Balaban J connectivity index is 1.44. The fourth-order valence-corrected chi connectivity index (χ4v) is 3.21. The summed E-state index contributed by atoms with van der Waals surface area (Å²) in [5.41, 5.74) is 4.66. The first-order valence-corrected chi connectivity index (χ1v) is 8.78. The van der Waals surface area contributed by atoms with Crippen LogP contribution >= 0.6 is 0 Å². The van der Waals surface area contributed by atoms with Crippen molar-refractivity contribution in [3.63, 3.8) is 0 Å². The van der Waals surface area contributed by atoms with Gasteiger partial charge in [-0.05, 0) is 51.8 Å². The minimum Gasteiger partial charge on any atom is -0.454 e. The lowest BCUT2D eigenvalue weighted by molar-refractivity contribution is 0.0458. The summed E-state index contributed by atoms with van der Waals surface area (Å²) in [6.45, 7) is 5.99. The zero-order valence-electron chi connectivity index (χ0n) is 15.2. The molecular formula is C20H21N3O3. The largest absolute Gasteiger partial charge is 0.454 e. The van der Waals surface area contributed by atoms with Gasteiger partial charge in [0.1, 0.15) is 0 Å². The summed E-state index contributed by atoms with van der Waals surface area (Å²) in [6, 6.07) is 10.2. The van der Waals surface area contributed by atoms with Gasteiger partial charge in [0.15, 0.2) is 6.61 Å². The van der Waals surface area contributed by atoms with Crippen molar-refractivity contribution in [2.24, 2.45) is 0 Å². The van der Waals surface area contributed by atoms with Crippen LogP contribution in [-0.4, -0.2) is 20.7 Å². The van der Waals surface area contributed by atoms with Crippen molar-refractivity contribution in [3.8, 4) is 11.5 Å². The van der Waals surface area contributed by atoms with Crippen molar-refractivity contribution < 1.29 is 14.1 Å². The Morgan fingerprint density at radius 1 is 1.23 bits per heavy atom. The van der Waals surface area contributed by atoms with Gasteiger partial charge in [0.2, 0.25) is 5.82 Å². The molecular weight excluding hydrogens is 330 g/mol. The van der Waals surface area contributed by atoms with Crippen molar-refractivity contribution in [2.45, 2.75) is 46.3 Å². The summed E-state index contributed by atoms with van der Waals surface area (Å²) in [7, 11) is 0. The monoisotopic (exact) mass is 351 g/mol. The van der Waals surface area contributed by atoms with Gasteiger partial charge in [-0.25, -0.2) is 4.79 Å². The number of hydrogen-bond acceptors (Lipinski definition) is 5. The van der Waals surface area contributed by atoms with E-state index in [-0.39, 0.29) is 12.6 Å². The Labute approximate surface area is 151 Å². The number of aromatic nitrogens is 3. The van der Waals surface area contributed by atoms with Crippen molar-refractivity contribution in [1.29, 1.82) is 0 Å². The Kier molecular flexibility index (Phi) is 4.11. The van der Waals surface area contributed by atoms with E-state index in [1.807, 2.05) is 51.1 Å². The van der Waals surface area contributed by atoms with Crippen molar-refractivity contribution in [2.75, 3.05) is 0 Å². The molecule has 6 nitrogen and oxygen atoms in total. The number of esters is 1. The molecule has 1 aliphatic rings. The second-order valence-electron chi connectivity index (χ2n) is 6.84.